The molecule has 30 heavy (non-hydrogen) atoms. The van der Waals surface area contributed by atoms with Crippen LogP contribution in [-0.4, -0.2) is 81.0 Å². The molecule has 0 bridgehead atoms. The Hall–Kier alpha value is -1.18. The highest BCUT2D eigenvalue weighted by Crippen LogP contribution is 2.32. The van der Waals surface area contributed by atoms with Gasteiger partial charge >= 0.3 is 0 Å². The third-order valence-corrected chi connectivity index (χ3v) is 5.71. The van der Waals surface area contributed by atoms with Gasteiger partial charge in [0.2, 0.25) is 0 Å². The SMILES string of the molecule is Cc1ccc(OC[C@@H](O)C[NH+]2CC[NH+](C[C@@H](O)COC(C)C)CC2)c(C(C)(C)C)c1. The van der Waals surface area contributed by atoms with Gasteiger partial charge in [0.25, 0.3) is 0 Å². The Morgan fingerprint density at radius 1 is 0.933 bits per heavy atom. The topological polar surface area (TPSA) is 67.8 Å². The highest BCUT2D eigenvalue weighted by molar-refractivity contribution is 5.41. The summed E-state index contributed by atoms with van der Waals surface area (Å²) in [6, 6.07) is 6.26. The van der Waals surface area contributed by atoms with Crippen LogP contribution in [0.5, 0.6) is 5.75 Å². The van der Waals surface area contributed by atoms with E-state index < -0.39 is 12.2 Å². The van der Waals surface area contributed by atoms with E-state index >= 15 is 0 Å². The lowest BCUT2D eigenvalue weighted by Gasteiger charge is -2.32. The fraction of sp³-hybridized carbons (Fsp3) is 0.750. The third kappa shape index (κ3) is 8.52. The van der Waals surface area contributed by atoms with E-state index in [0.717, 1.165) is 38.5 Å². The van der Waals surface area contributed by atoms with Crippen LogP contribution in [0.4, 0.5) is 0 Å². The van der Waals surface area contributed by atoms with Gasteiger partial charge in [0.1, 0.15) is 63.8 Å². The first-order valence-electron chi connectivity index (χ1n) is 11.4. The van der Waals surface area contributed by atoms with Gasteiger partial charge in [-0.2, -0.15) is 0 Å². The van der Waals surface area contributed by atoms with Crippen molar-refractivity contribution in [2.24, 2.45) is 0 Å². The number of hydrogen-bond donors (Lipinski definition) is 4. The van der Waals surface area contributed by atoms with E-state index in [9.17, 15) is 10.2 Å². The van der Waals surface area contributed by atoms with Crippen molar-refractivity contribution in [2.75, 3.05) is 52.5 Å². The van der Waals surface area contributed by atoms with Crippen molar-refractivity contribution < 1.29 is 29.5 Å². The van der Waals surface area contributed by atoms with Crippen LogP contribution in [0.3, 0.4) is 0 Å². The summed E-state index contributed by atoms with van der Waals surface area (Å²) in [5.41, 5.74) is 2.40. The van der Waals surface area contributed by atoms with Crippen molar-refractivity contribution in [3.63, 3.8) is 0 Å². The van der Waals surface area contributed by atoms with Gasteiger partial charge in [0, 0.05) is 0 Å². The maximum absolute atomic E-state index is 10.5. The maximum atomic E-state index is 10.5. The van der Waals surface area contributed by atoms with Gasteiger partial charge in [-0.1, -0.05) is 38.5 Å². The lowest BCUT2D eigenvalue weighted by atomic mass is 9.85. The average molecular weight is 425 g/mol. The van der Waals surface area contributed by atoms with Crippen LogP contribution >= 0.6 is 0 Å². The largest absolute Gasteiger partial charge is 0.490 e. The molecule has 4 N–H and O–H groups in total. The Morgan fingerprint density at radius 2 is 1.47 bits per heavy atom. The van der Waals surface area contributed by atoms with E-state index in [0.29, 0.717) is 19.8 Å². The van der Waals surface area contributed by atoms with Gasteiger partial charge in [-0.15, -0.1) is 0 Å². The molecule has 2 rings (SSSR count). The Morgan fingerprint density at radius 3 is 1.97 bits per heavy atom. The van der Waals surface area contributed by atoms with Gasteiger partial charge < -0.3 is 29.5 Å². The lowest BCUT2D eigenvalue weighted by molar-refractivity contribution is -1.01. The number of hydrogen-bond acceptors (Lipinski definition) is 4. The quantitative estimate of drug-likeness (QED) is 0.413. The molecule has 1 aromatic carbocycles. The van der Waals surface area contributed by atoms with Crippen molar-refractivity contribution >= 4 is 0 Å². The summed E-state index contributed by atoms with van der Waals surface area (Å²) in [6.07, 6.45) is -0.741. The smallest absolute Gasteiger partial charge is 0.137 e. The molecule has 1 saturated heterocycles. The Bertz CT molecular complexity index is 637. The van der Waals surface area contributed by atoms with Crippen LogP contribution in [0, 0.1) is 6.92 Å². The molecule has 1 aliphatic heterocycles. The molecule has 0 radical (unpaired) electrons. The number of rotatable bonds is 10. The van der Waals surface area contributed by atoms with Crippen molar-refractivity contribution in [2.45, 2.75) is 65.3 Å². The Labute approximate surface area is 182 Å². The van der Waals surface area contributed by atoms with Gasteiger partial charge in [-0.25, -0.2) is 0 Å². The van der Waals surface area contributed by atoms with E-state index in [4.69, 9.17) is 9.47 Å². The zero-order valence-corrected chi connectivity index (χ0v) is 19.8. The predicted molar refractivity (Wildman–Crippen MR) is 120 cm³/mol. The normalized spacial score (nSPS) is 22.2. The minimum Gasteiger partial charge on any atom is -0.490 e. The standard InChI is InChI=1S/C24H42N2O4/c1-18(2)29-16-20(27)14-25-9-11-26(12-10-25)15-21(28)17-30-23-8-7-19(3)13-22(23)24(4,5)6/h7-8,13,18,20-21,27-28H,9-12,14-17H2,1-6H3/p+2/t20-,21+/m1/s1. The predicted octanol–water partition coefficient (Wildman–Crippen LogP) is -0.398. The second kappa shape index (κ2) is 11.4. The molecule has 0 unspecified atom stereocenters. The highest BCUT2D eigenvalue weighted by atomic mass is 16.5. The first-order chi connectivity index (χ1) is 14.0. The van der Waals surface area contributed by atoms with Crippen molar-refractivity contribution in [1.82, 2.24) is 0 Å². The molecule has 6 heteroatoms. The van der Waals surface area contributed by atoms with Crippen LogP contribution in [-0.2, 0) is 10.2 Å². The van der Waals surface area contributed by atoms with Crippen LogP contribution in [0.1, 0.15) is 45.7 Å². The van der Waals surface area contributed by atoms with Gasteiger partial charge in [-0.3, -0.25) is 0 Å². The molecule has 1 aliphatic rings. The zero-order chi connectivity index (χ0) is 22.3. The lowest BCUT2D eigenvalue weighted by Crippen LogP contribution is -3.29. The van der Waals surface area contributed by atoms with Gasteiger partial charge in [0.05, 0.1) is 12.7 Å². The minimum absolute atomic E-state index is 0.00142. The highest BCUT2D eigenvalue weighted by Gasteiger charge is 2.27. The van der Waals surface area contributed by atoms with E-state index in [-0.39, 0.29) is 11.5 Å². The summed E-state index contributed by atoms with van der Waals surface area (Å²) in [7, 11) is 0. The summed E-state index contributed by atoms with van der Waals surface area (Å²) in [5.74, 6) is 0.869. The third-order valence-electron chi connectivity index (χ3n) is 5.71. The number of nitrogens with one attached hydrogen (secondary N) is 2. The van der Waals surface area contributed by atoms with E-state index in [1.165, 1.54) is 20.9 Å². The molecule has 0 amide bonds. The van der Waals surface area contributed by atoms with Crippen LogP contribution in [0.2, 0.25) is 0 Å². The number of quaternary nitrogens is 2. The molecular formula is C24H44N2O4+2. The Balaban J connectivity index is 1.74. The first-order valence-corrected chi connectivity index (χ1v) is 11.4. The summed E-state index contributed by atoms with van der Waals surface area (Å²) >= 11 is 0. The molecule has 172 valence electrons. The molecule has 0 aliphatic carbocycles. The molecule has 1 heterocycles. The average Bonchev–Trinajstić information content (AvgIpc) is 2.66. The number of piperazine rings is 1. The molecule has 0 saturated carbocycles. The number of benzene rings is 1. The number of aliphatic hydroxyl groups is 2. The molecule has 0 aromatic heterocycles. The maximum Gasteiger partial charge on any atom is 0.137 e. The summed E-state index contributed by atoms with van der Waals surface area (Å²) in [4.78, 5) is 2.82. The molecule has 0 spiro atoms. The monoisotopic (exact) mass is 424 g/mol. The van der Waals surface area contributed by atoms with Crippen LogP contribution < -0.4 is 14.5 Å². The summed E-state index contributed by atoms with van der Waals surface area (Å²) in [6.45, 7) is 18.8. The number of ether oxygens (including phenoxy) is 2. The van der Waals surface area contributed by atoms with Crippen molar-refractivity contribution in [3.05, 3.63) is 29.3 Å². The molecule has 1 fully saturated rings. The number of aliphatic hydroxyl groups excluding tert-OH is 2. The summed E-state index contributed by atoms with van der Waals surface area (Å²) in [5, 5.41) is 20.7. The Kier molecular flexibility index (Phi) is 9.57. The van der Waals surface area contributed by atoms with E-state index in [1.54, 1.807) is 0 Å². The molecular weight excluding hydrogens is 380 g/mol. The van der Waals surface area contributed by atoms with Gasteiger partial charge in [0.15, 0.2) is 0 Å². The number of aryl methyl sites for hydroxylation is 1. The van der Waals surface area contributed by atoms with E-state index in [1.807, 2.05) is 19.9 Å². The van der Waals surface area contributed by atoms with Gasteiger partial charge in [-0.05, 0) is 37.8 Å². The first kappa shape index (κ1) is 25.1. The molecule has 1 aromatic rings. The van der Waals surface area contributed by atoms with Crippen LogP contribution in [0.25, 0.3) is 0 Å². The minimum atomic E-state index is -0.485. The summed E-state index contributed by atoms with van der Waals surface area (Å²) < 4.78 is 11.5. The second-order valence-electron chi connectivity index (χ2n) is 10.2. The zero-order valence-electron chi connectivity index (χ0n) is 19.8. The fourth-order valence-electron chi connectivity index (χ4n) is 3.99. The molecule has 6 nitrogen and oxygen atoms in total. The van der Waals surface area contributed by atoms with Crippen LogP contribution in [0.15, 0.2) is 18.2 Å². The molecule has 2 atom stereocenters. The fourth-order valence-corrected chi connectivity index (χ4v) is 3.99. The van der Waals surface area contributed by atoms with Crippen molar-refractivity contribution in [3.8, 4) is 5.75 Å². The second-order valence-corrected chi connectivity index (χ2v) is 10.2. The van der Waals surface area contributed by atoms with E-state index in [2.05, 4.69) is 39.8 Å². The van der Waals surface area contributed by atoms with Crippen molar-refractivity contribution in [1.29, 1.82) is 0 Å².